The van der Waals surface area contributed by atoms with Crippen molar-refractivity contribution in [3.63, 3.8) is 0 Å². The third-order valence-corrected chi connectivity index (χ3v) is 6.48. The predicted octanol–water partition coefficient (Wildman–Crippen LogP) is 2.10. The molecule has 8 nitrogen and oxygen atoms in total. The second-order valence-electron chi connectivity index (χ2n) is 8.69. The molecule has 2 fully saturated rings. The number of carbonyl (C=O) groups is 2. The van der Waals surface area contributed by atoms with Crippen molar-refractivity contribution >= 4 is 11.8 Å². The smallest absolute Gasteiger partial charge is 0.222 e. The van der Waals surface area contributed by atoms with Gasteiger partial charge in [0.15, 0.2) is 5.76 Å². The summed E-state index contributed by atoms with van der Waals surface area (Å²) in [6.07, 6.45) is 2.30. The van der Waals surface area contributed by atoms with Crippen LogP contribution in [-0.4, -0.2) is 66.0 Å². The maximum atomic E-state index is 12.9. The highest BCUT2D eigenvalue weighted by Crippen LogP contribution is 2.27. The minimum atomic E-state index is 0.0802. The Morgan fingerprint density at radius 3 is 2.62 bits per heavy atom. The van der Waals surface area contributed by atoms with E-state index in [0.717, 1.165) is 37.4 Å². The van der Waals surface area contributed by atoms with Crippen LogP contribution in [0.4, 0.5) is 0 Å². The van der Waals surface area contributed by atoms with Gasteiger partial charge in [-0.05, 0) is 49.9 Å². The number of nitrogens with one attached hydrogen (secondary N) is 1. The number of ether oxygens (including phenoxy) is 1. The summed E-state index contributed by atoms with van der Waals surface area (Å²) in [7, 11) is 0. The van der Waals surface area contributed by atoms with Crippen molar-refractivity contribution in [1.29, 1.82) is 0 Å². The van der Waals surface area contributed by atoms with Gasteiger partial charge in [-0.3, -0.25) is 9.59 Å². The molecule has 0 saturated carbocycles. The molecule has 32 heavy (non-hydrogen) atoms. The van der Waals surface area contributed by atoms with Gasteiger partial charge in [-0.2, -0.15) is 0 Å². The van der Waals surface area contributed by atoms with Crippen LogP contribution in [-0.2, 0) is 22.6 Å². The van der Waals surface area contributed by atoms with Crippen molar-refractivity contribution in [2.75, 3.05) is 39.3 Å². The van der Waals surface area contributed by atoms with E-state index in [-0.39, 0.29) is 11.8 Å². The van der Waals surface area contributed by atoms with Crippen LogP contribution in [0.1, 0.15) is 31.2 Å². The molecule has 3 heterocycles. The van der Waals surface area contributed by atoms with E-state index in [1.54, 1.807) is 11.8 Å². The molecular formula is C24H32N4O4. The van der Waals surface area contributed by atoms with Gasteiger partial charge in [0.25, 0.3) is 0 Å². The van der Waals surface area contributed by atoms with Gasteiger partial charge in [-0.15, -0.1) is 0 Å². The monoisotopic (exact) mass is 440 g/mol. The van der Waals surface area contributed by atoms with Gasteiger partial charge in [0.1, 0.15) is 12.4 Å². The molecular weight excluding hydrogens is 408 g/mol. The lowest BCUT2D eigenvalue weighted by atomic mass is 9.81. The molecule has 2 atom stereocenters. The fourth-order valence-corrected chi connectivity index (χ4v) is 4.57. The van der Waals surface area contributed by atoms with Crippen LogP contribution >= 0.6 is 0 Å². The number of hydrogen-bond acceptors (Lipinski definition) is 6. The normalized spacial score (nSPS) is 21.4. The van der Waals surface area contributed by atoms with E-state index < -0.39 is 0 Å². The first-order valence-corrected chi connectivity index (χ1v) is 11.4. The average molecular weight is 441 g/mol. The third kappa shape index (κ3) is 5.88. The topological polar surface area (TPSA) is 87.9 Å². The lowest BCUT2D eigenvalue weighted by Crippen LogP contribution is -2.51. The number of nitrogens with zero attached hydrogens (tertiary/aromatic N) is 3. The van der Waals surface area contributed by atoms with Gasteiger partial charge in [-0.1, -0.05) is 23.4 Å². The Hall–Kier alpha value is -2.87. The van der Waals surface area contributed by atoms with Gasteiger partial charge in [0.05, 0.1) is 5.69 Å². The number of benzene rings is 1. The molecule has 2 amide bonds. The Labute approximate surface area is 188 Å². The zero-order valence-corrected chi connectivity index (χ0v) is 18.7. The number of piperazine rings is 1. The zero-order valence-electron chi connectivity index (χ0n) is 18.7. The van der Waals surface area contributed by atoms with E-state index in [1.165, 1.54) is 0 Å². The molecule has 1 aromatic heterocycles. The zero-order chi connectivity index (χ0) is 22.3. The first-order valence-electron chi connectivity index (χ1n) is 11.4. The van der Waals surface area contributed by atoms with E-state index in [1.807, 2.05) is 41.3 Å². The summed E-state index contributed by atoms with van der Waals surface area (Å²) in [5.74, 6) is 2.42. The van der Waals surface area contributed by atoms with Gasteiger partial charge in [0, 0.05) is 45.6 Å². The second kappa shape index (κ2) is 10.6. The number of piperidine rings is 1. The Kier molecular flexibility index (Phi) is 7.42. The fraction of sp³-hybridized carbons (Fsp3) is 0.542. The standard InChI is InChI=1S/C24H32N4O4/c1-18(29)27-9-11-28(12-10-27)24(30)14-19-7-8-25-16-20(19)13-21-15-23(32-26-21)17-31-22-5-3-2-4-6-22/h2-6,15,19-20,25H,7-14,16-17H2,1H3/t19-,20+/m1/s1. The summed E-state index contributed by atoms with van der Waals surface area (Å²) in [4.78, 5) is 28.2. The molecule has 4 rings (SSSR count). The first kappa shape index (κ1) is 22.3. The predicted molar refractivity (Wildman–Crippen MR) is 119 cm³/mol. The number of rotatable bonds is 7. The SMILES string of the molecule is CC(=O)N1CCN(C(=O)C[C@H]2CCNC[C@@H]2Cc2cc(COc3ccccc3)on2)CC1. The number of hydrogen-bond donors (Lipinski definition) is 1. The number of carbonyl (C=O) groups excluding carboxylic acids is 2. The van der Waals surface area contributed by atoms with Gasteiger partial charge in [-0.25, -0.2) is 0 Å². The van der Waals surface area contributed by atoms with Crippen molar-refractivity contribution < 1.29 is 18.8 Å². The molecule has 8 heteroatoms. The minimum absolute atomic E-state index is 0.0802. The summed E-state index contributed by atoms with van der Waals surface area (Å²) in [5.41, 5.74) is 0.901. The number of amides is 2. The van der Waals surface area contributed by atoms with E-state index in [4.69, 9.17) is 9.26 Å². The van der Waals surface area contributed by atoms with Crippen LogP contribution in [0.5, 0.6) is 5.75 Å². The van der Waals surface area contributed by atoms with Crippen LogP contribution in [0.25, 0.3) is 0 Å². The van der Waals surface area contributed by atoms with Crippen LogP contribution in [0.2, 0.25) is 0 Å². The van der Waals surface area contributed by atoms with Crippen LogP contribution < -0.4 is 10.1 Å². The highest BCUT2D eigenvalue weighted by molar-refractivity contribution is 5.77. The molecule has 2 saturated heterocycles. The highest BCUT2D eigenvalue weighted by Gasteiger charge is 2.31. The van der Waals surface area contributed by atoms with E-state index in [2.05, 4.69) is 10.5 Å². The maximum absolute atomic E-state index is 12.9. The molecule has 2 aliphatic rings. The average Bonchev–Trinajstić information content (AvgIpc) is 3.27. The van der Waals surface area contributed by atoms with Crippen molar-refractivity contribution in [2.45, 2.75) is 32.8 Å². The Morgan fingerprint density at radius 2 is 1.88 bits per heavy atom. The highest BCUT2D eigenvalue weighted by atomic mass is 16.5. The number of aromatic nitrogens is 1. The van der Waals surface area contributed by atoms with E-state index >= 15 is 0 Å². The molecule has 172 valence electrons. The molecule has 0 spiro atoms. The van der Waals surface area contributed by atoms with Crippen LogP contribution in [0.15, 0.2) is 40.9 Å². The Balaban J connectivity index is 1.28. The van der Waals surface area contributed by atoms with Crippen molar-refractivity contribution in [3.8, 4) is 5.75 Å². The molecule has 2 aromatic rings. The first-order chi connectivity index (χ1) is 15.6. The lowest BCUT2D eigenvalue weighted by molar-refractivity contribution is -0.139. The van der Waals surface area contributed by atoms with Gasteiger partial charge in [0.2, 0.25) is 11.8 Å². The third-order valence-electron chi connectivity index (χ3n) is 6.48. The summed E-state index contributed by atoms with van der Waals surface area (Å²) in [6.45, 7) is 6.24. The summed E-state index contributed by atoms with van der Waals surface area (Å²) < 4.78 is 11.2. The van der Waals surface area contributed by atoms with E-state index in [9.17, 15) is 9.59 Å². The Morgan fingerprint density at radius 1 is 1.12 bits per heavy atom. The maximum Gasteiger partial charge on any atom is 0.222 e. The van der Waals surface area contributed by atoms with Crippen molar-refractivity contribution in [2.24, 2.45) is 11.8 Å². The van der Waals surface area contributed by atoms with Gasteiger partial charge < -0.3 is 24.4 Å². The summed E-state index contributed by atoms with van der Waals surface area (Å²) in [6, 6.07) is 11.6. The van der Waals surface area contributed by atoms with Gasteiger partial charge >= 0.3 is 0 Å². The molecule has 0 unspecified atom stereocenters. The van der Waals surface area contributed by atoms with E-state index in [0.29, 0.717) is 56.8 Å². The second-order valence-corrected chi connectivity index (χ2v) is 8.69. The van der Waals surface area contributed by atoms with Crippen molar-refractivity contribution in [3.05, 3.63) is 47.9 Å². The molecule has 0 radical (unpaired) electrons. The van der Waals surface area contributed by atoms with Crippen molar-refractivity contribution in [1.82, 2.24) is 20.3 Å². The molecule has 1 aromatic carbocycles. The fourth-order valence-electron chi connectivity index (χ4n) is 4.57. The molecule has 1 N–H and O–H groups in total. The molecule has 0 aliphatic carbocycles. The number of para-hydroxylation sites is 1. The quantitative estimate of drug-likeness (QED) is 0.710. The lowest BCUT2D eigenvalue weighted by Gasteiger charge is -2.37. The van der Waals surface area contributed by atoms with Crippen LogP contribution in [0.3, 0.4) is 0 Å². The summed E-state index contributed by atoms with van der Waals surface area (Å²) in [5, 5.41) is 7.69. The molecule has 0 bridgehead atoms. The van der Waals surface area contributed by atoms with Crippen LogP contribution in [0, 0.1) is 11.8 Å². The summed E-state index contributed by atoms with van der Waals surface area (Å²) >= 11 is 0. The largest absolute Gasteiger partial charge is 0.486 e. The Bertz CT molecular complexity index is 892. The molecule has 2 aliphatic heterocycles. The minimum Gasteiger partial charge on any atom is -0.486 e.